The third-order valence-corrected chi connectivity index (χ3v) is 5.92. The minimum atomic E-state index is 0.636. The molecule has 0 amide bonds. The van der Waals surface area contributed by atoms with E-state index in [9.17, 15) is 0 Å². The van der Waals surface area contributed by atoms with E-state index in [2.05, 4.69) is 47.4 Å². The van der Waals surface area contributed by atoms with Crippen LogP contribution >= 0.6 is 0 Å². The van der Waals surface area contributed by atoms with E-state index in [1.54, 1.807) is 14.2 Å². The zero-order chi connectivity index (χ0) is 17.2. The highest BCUT2D eigenvalue weighted by Gasteiger charge is 2.33. The molecule has 25 heavy (non-hydrogen) atoms. The van der Waals surface area contributed by atoms with Crippen molar-refractivity contribution in [3.05, 3.63) is 53.6 Å². The van der Waals surface area contributed by atoms with Crippen LogP contribution in [0.1, 0.15) is 36.3 Å². The summed E-state index contributed by atoms with van der Waals surface area (Å²) in [6, 6.07) is 15.3. The van der Waals surface area contributed by atoms with E-state index >= 15 is 0 Å². The lowest BCUT2D eigenvalue weighted by Crippen LogP contribution is -2.32. The molecule has 132 valence electrons. The fourth-order valence-corrected chi connectivity index (χ4v) is 4.65. The van der Waals surface area contributed by atoms with Crippen LogP contribution in [-0.4, -0.2) is 27.3 Å². The Kier molecular flexibility index (Phi) is 4.56. The number of nitrogens with zero attached hydrogens (tertiary/aromatic N) is 1. The van der Waals surface area contributed by atoms with E-state index in [4.69, 9.17) is 9.47 Å². The van der Waals surface area contributed by atoms with Gasteiger partial charge in [0.25, 0.3) is 0 Å². The lowest BCUT2D eigenvalue weighted by molar-refractivity contribution is 0.344. The highest BCUT2D eigenvalue weighted by molar-refractivity contribution is 5.51. The molecule has 2 atom stereocenters. The van der Waals surface area contributed by atoms with Crippen molar-refractivity contribution in [1.82, 2.24) is 0 Å². The van der Waals surface area contributed by atoms with Gasteiger partial charge in [-0.1, -0.05) is 18.2 Å². The molecule has 0 radical (unpaired) electrons. The summed E-state index contributed by atoms with van der Waals surface area (Å²) >= 11 is 0. The Labute approximate surface area is 150 Å². The Hall–Kier alpha value is -2.16. The van der Waals surface area contributed by atoms with E-state index in [-0.39, 0.29) is 0 Å². The van der Waals surface area contributed by atoms with Crippen molar-refractivity contribution in [2.45, 2.75) is 31.6 Å². The van der Waals surface area contributed by atoms with Gasteiger partial charge < -0.3 is 14.4 Å². The monoisotopic (exact) mass is 337 g/mol. The van der Waals surface area contributed by atoms with Crippen molar-refractivity contribution >= 4 is 5.69 Å². The molecule has 1 saturated heterocycles. The van der Waals surface area contributed by atoms with Crippen molar-refractivity contribution in [3.8, 4) is 11.5 Å². The molecule has 2 aromatic rings. The maximum Gasteiger partial charge on any atom is 0.161 e. The molecular formula is C22H27NO2. The quantitative estimate of drug-likeness (QED) is 0.814. The van der Waals surface area contributed by atoms with Gasteiger partial charge in [-0.25, -0.2) is 0 Å². The largest absolute Gasteiger partial charge is 0.493 e. The summed E-state index contributed by atoms with van der Waals surface area (Å²) in [6.07, 6.45) is 4.90. The highest BCUT2D eigenvalue weighted by atomic mass is 16.5. The standard InChI is InChI=1S/C22H27NO2/c1-24-21-13-16-10-11-17-15-23(18-7-4-3-5-8-18)12-6-9-19(17)20(16)14-22(21)25-2/h3-5,7-8,13-14,17,19H,6,9-12,15H2,1-2H3/t17-,19-/m1/s1. The van der Waals surface area contributed by atoms with Crippen molar-refractivity contribution in [3.63, 3.8) is 0 Å². The first kappa shape index (κ1) is 16.3. The van der Waals surface area contributed by atoms with Gasteiger partial charge in [0.15, 0.2) is 11.5 Å². The Morgan fingerprint density at radius 1 is 0.960 bits per heavy atom. The molecular weight excluding hydrogens is 310 g/mol. The molecule has 2 aromatic carbocycles. The van der Waals surface area contributed by atoms with Gasteiger partial charge in [-0.3, -0.25) is 0 Å². The summed E-state index contributed by atoms with van der Waals surface area (Å²) in [4.78, 5) is 2.58. The molecule has 1 aliphatic carbocycles. The molecule has 0 aromatic heterocycles. The number of methoxy groups -OCH3 is 2. The Morgan fingerprint density at radius 3 is 2.48 bits per heavy atom. The van der Waals surface area contributed by atoms with Gasteiger partial charge >= 0.3 is 0 Å². The van der Waals surface area contributed by atoms with E-state index in [0.717, 1.165) is 31.0 Å². The predicted molar refractivity (Wildman–Crippen MR) is 102 cm³/mol. The fourth-order valence-electron chi connectivity index (χ4n) is 4.65. The number of hydrogen-bond acceptors (Lipinski definition) is 3. The molecule has 1 aliphatic heterocycles. The molecule has 3 heteroatoms. The van der Waals surface area contributed by atoms with Crippen LogP contribution in [0.2, 0.25) is 0 Å². The summed E-state index contributed by atoms with van der Waals surface area (Å²) in [5.41, 5.74) is 4.30. The van der Waals surface area contributed by atoms with Crippen LogP contribution in [0.4, 0.5) is 5.69 Å². The van der Waals surface area contributed by atoms with Gasteiger partial charge in [0.05, 0.1) is 14.2 Å². The maximum atomic E-state index is 5.57. The first-order chi connectivity index (χ1) is 12.3. The molecule has 1 heterocycles. The molecule has 4 rings (SSSR count). The summed E-state index contributed by atoms with van der Waals surface area (Å²) in [5, 5.41) is 0. The minimum absolute atomic E-state index is 0.636. The van der Waals surface area contributed by atoms with Crippen molar-refractivity contribution < 1.29 is 9.47 Å². The third kappa shape index (κ3) is 3.08. The van der Waals surface area contributed by atoms with Gasteiger partial charge in [0.2, 0.25) is 0 Å². The van der Waals surface area contributed by atoms with Crippen LogP contribution in [0, 0.1) is 5.92 Å². The molecule has 2 aliphatic rings. The van der Waals surface area contributed by atoms with E-state index in [1.165, 1.54) is 36.1 Å². The Bertz CT molecular complexity index is 728. The van der Waals surface area contributed by atoms with Crippen LogP contribution in [0.5, 0.6) is 11.5 Å². The molecule has 0 spiro atoms. The number of rotatable bonds is 3. The Morgan fingerprint density at radius 2 is 1.72 bits per heavy atom. The fraction of sp³-hybridized carbons (Fsp3) is 0.455. The minimum Gasteiger partial charge on any atom is -0.493 e. The van der Waals surface area contributed by atoms with Crippen LogP contribution in [0.3, 0.4) is 0 Å². The summed E-state index contributed by atoms with van der Waals surface area (Å²) in [7, 11) is 3.45. The van der Waals surface area contributed by atoms with Gasteiger partial charge in [-0.05, 0) is 72.9 Å². The first-order valence-corrected chi connectivity index (χ1v) is 9.35. The van der Waals surface area contributed by atoms with Crippen LogP contribution in [-0.2, 0) is 6.42 Å². The lowest BCUT2D eigenvalue weighted by Gasteiger charge is -2.35. The second-order valence-corrected chi connectivity index (χ2v) is 7.24. The smallest absolute Gasteiger partial charge is 0.161 e. The molecule has 0 N–H and O–H groups in total. The molecule has 0 bridgehead atoms. The molecule has 0 unspecified atom stereocenters. The number of fused-ring (bicyclic) bond motifs is 3. The van der Waals surface area contributed by atoms with Crippen LogP contribution in [0.25, 0.3) is 0 Å². The zero-order valence-corrected chi connectivity index (χ0v) is 15.2. The average molecular weight is 337 g/mol. The first-order valence-electron chi connectivity index (χ1n) is 9.35. The summed E-state index contributed by atoms with van der Waals surface area (Å²) in [6.45, 7) is 2.31. The summed E-state index contributed by atoms with van der Waals surface area (Å²) in [5.74, 6) is 3.08. The third-order valence-electron chi connectivity index (χ3n) is 5.92. The van der Waals surface area contributed by atoms with Crippen LogP contribution < -0.4 is 14.4 Å². The molecule has 3 nitrogen and oxygen atoms in total. The van der Waals surface area contributed by atoms with E-state index in [0.29, 0.717) is 11.8 Å². The number of hydrogen-bond donors (Lipinski definition) is 0. The van der Waals surface area contributed by atoms with E-state index < -0.39 is 0 Å². The number of para-hydroxylation sites is 1. The molecule has 1 fully saturated rings. The predicted octanol–water partition coefficient (Wildman–Crippen LogP) is 4.65. The van der Waals surface area contributed by atoms with Crippen molar-refractivity contribution in [2.75, 3.05) is 32.2 Å². The second kappa shape index (κ2) is 6.99. The number of benzene rings is 2. The Balaban J connectivity index is 1.63. The normalized spacial score (nSPS) is 22.6. The van der Waals surface area contributed by atoms with Crippen molar-refractivity contribution in [2.24, 2.45) is 5.92 Å². The SMILES string of the molecule is COc1cc2c(cc1OC)[C@@H]1CCCN(c3ccccc3)C[C@H]1CC2. The number of aryl methyl sites for hydroxylation is 1. The van der Waals surface area contributed by atoms with Gasteiger partial charge in [0, 0.05) is 18.8 Å². The second-order valence-electron chi connectivity index (χ2n) is 7.24. The maximum absolute atomic E-state index is 5.57. The average Bonchev–Trinajstić information content (AvgIpc) is 2.90. The number of ether oxygens (including phenoxy) is 2. The van der Waals surface area contributed by atoms with Gasteiger partial charge in [-0.2, -0.15) is 0 Å². The number of anilines is 1. The zero-order valence-electron chi connectivity index (χ0n) is 15.2. The van der Waals surface area contributed by atoms with E-state index in [1.807, 2.05) is 0 Å². The lowest BCUT2D eigenvalue weighted by atomic mass is 9.73. The van der Waals surface area contributed by atoms with Crippen molar-refractivity contribution in [1.29, 1.82) is 0 Å². The topological polar surface area (TPSA) is 21.7 Å². The summed E-state index contributed by atoms with van der Waals surface area (Å²) < 4.78 is 11.1. The van der Waals surface area contributed by atoms with Gasteiger partial charge in [0.1, 0.15) is 0 Å². The molecule has 0 saturated carbocycles. The van der Waals surface area contributed by atoms with Gasteiger partial charge in [-0.15, -0.1) is 0 Å². The van der Waals surface area contributed by atoms with Crippen LogP contribution in [0.15, 0.2) is 42.5 Å². The highest BCUT2D eigenvalue weighted by Crippen LogP contribution is 2.45.